The van der Waals surface area contributed by atoms with Crippen LogP contribution in [0.25, 0.3) is 0 Å². The summed E-state index contributed by atoms with van der Waals surface area (Å²) in [5.74, 6) is 2.46. The molecule has 28 heavy (non-hydrogen) atoms. The molecule has 0 spiro atoms. The fourth-order valence-corrected chi connectivity index (χ4v) is 2.79. The number of carbonyl (C=O) groups is 1. The van der Waals surface area contributed by atoms with E-state index in [1.807, 2.05) is 18.2 Å². The molecular weight excluding hydrogens is 358 g/mol. The molecule has 142 valence electrons. The van der Waals surface area contributed by atoms with Crippen molar-refractivity contribution in [3.63, 3.8) is 0 Å². The number of rotatable bonds is 5. The quantitative estimate of drug-likeness (QED) is 0.703. The highest BCUT2D eigenvalue weighted by Gasteiger charge is 2.13. The third-order valence-corrected chi connectivity index (χ3v) is 4.18. The molecule has 0 fully saturated rings. The summed E-state index contributed by atoms with van der Waals surface area (Å²) < 4.78 is 16.2. The maximum absolute atomic E-state index is 12.5. The Kier molecular flexibility index (Phi) is 4.97. The van der Waals surface area contributed by atoms with Gasteiger partial charge in [0, 0.05) is 29.2 Å². The molecule has 4 rings (SSSR count). The highest BCUT2D eigenvalue weighted by molar-refractivity contribution is 6.04. The highest BCUT2D eigenvalue weighted by Crippen LogP contribution is 2.33. The summed E-state index contributed by atoms with van der Waals surface area (Å²) in [4.78, 5) is 16.8. The first-order valence-electron chi connectivity index (χ1n) is 8.79. The minimum absolute atomic E-state index is 0.224. The van der Waals surface area contributed by atoms with Crippen LogP contribution in [0.2, 0.25) is 0 Å². The average Bonchev–Trinajstić information content (AvgIpc) is 2.74. The SMILES string of the molecule is COc1ccc(NC(=O)c2ccnc(Nc3ccc4c(c3)OCCO4)c2)cc1. The number of hydrogen-bond donors (Lipinski definition) is 2. The van der Waals surface area contributed by atoms with Crippen LogP contribution in [0.4, 0.5) is 17.2 Å². The number of fused-ring (bicyclic) bond motifs is 1. The van der Waals surface area contributed by atoms with E-state index in [4.69, 9.17) is 14.2 Å². The minimum Gasteiger partial charge on any atom is -0.497 e. The van der Waals surface area contributed by atoms with Crippen molar-refractivity contribution in [1.29, 1.82) is 0 Å². The van der Waals surface area contributed by atoms with Gasteiger partial charge in [-0.1, -0.05) is 0 Å². The van der Waals surface area contributed by atoms with Crippen molar-refractivity contribution >= 4 is 23.1 Å². The number of anilines is 3. The fourth-order valence-electron chi connectivity index (χ4n) is 2.79. The number of pyridine rings is 1. The third kappa shape index (κ3) is 3.98. The Morgan fingerprint density at radius 3 is 2.50 bits per heavy atom. The van der Waals surface area contributed by atoms with Crippen molar-refractivity contribution in [2.75, 3.05) is 31.0 Å². The van der Waals surface area contributed by atoms with Crippen LogP contribution < -0.4 is 24.8 Å². The number of methoxy groups -OCH3 is 1. The zero-order chi connectivity index (χ0) is 19.3. The average molecular weight is 377 g/mol. The van der Waals surface area contributed by atoms with Crippen LogP contribution in [0.15, 0.2) is 60.8 Å². The molecule has 3 aromatic rings. The Bertz CT molecular complexity index is 989. The second-order valence-corrected chi connectivity index (χ2v) is 6.10. The second-order valence-electron chi connectivity index (χ2n) is 6.10. The van der Waals surface area contributed by atoms with Gasteiger partial charge in [-0.05, 0) is 48.5 Å². The van der Waals surface area contributed by atoms with Crippen LogP contribution in [-0.4, -0.2) is 31.2 Å². The van der Waals surface area contributed by atoms with E-state index < -0.39 is 0 Å². The second kappa shape index (κ2) is 7.87. The van der Waals surface area contributed by atoms with E-state index in [1.54, 1.807) is 49.7 Å². The highest BCUT2D eigenvalue weighted by atomic mass is 16.6. The molecule has 0 radical (unpaired) electrons. The van der Waals surface area contributed by atoms with Crippen molar-refractivity contribution in [3.05, 3.63) is 66.4 Å². The van der Waals surface area contributed by atoms with Crippen molar-refractivity contribution < 1.29 is 19.0 Å². The number of carbonyl (C=O) groups excluding carboxylic acids is 1. The molecule has 2 heterocycles. The Morgan fingerprint density at radius 1 is 0.964 bits per heavy atom. The number of nitrogens with zero attached hydrogens (tertiary/aromatic N) is 1. The van der Waals surface area contributed by atoms with Gasteiger partial charge in [-0.15, -0.1) is 0 Å². The first-order valence-corrected chi connectivity index (χ1v) is 8.79. The molecule has 2 N–H and O–H groups in total. The van der Waals surface area contributed by atoms with E-state index in [-0.39, 0.29) is 5.91 Å². The molecule has 1 amide bonds. The smallest absolute Gasteiger partial charge is 0.255 e. The number of nitrogens with one attached hydrogen (secondary N) is 2. The van der Waals surface area contributed by atoms with E-state index in [1.165, 1.54) is 0 Å². The van der Waals surface area contributed by atoms with Crippen LogP contribution in [0.1, 0.15) is 10.4 Å². The molecular formula is C21H19N3O4. The number of benzene rings is 2. The largest absolute Gasteiger partial charge is 0.497 e. The standard InChI is InChI=1S/C21H19N3O4/c1-26-17-5-2-15(3-6-17)24-21(25)14-8-9-22-20(12-14)23-16-4-7-18-19(13-16)28-11-10-27-18/h2-9,12-13H,10-11H2,1H3,(H,22,23)(H,24,25). The van der Waals surface area contributed by atoms with Gasteiger partial charge in [-0.2, -0.15) is 0 Å². The monoisotopic (exact) mass is 377 g/mol. The summed E-state index contributed by atoms with van der Waals surface area (Å²) in [6.07, 6.45) is 1.59. The lowest BCUT2D eigenvalue weighted by Gasteiger charge is -2.19. The van der Waals surface area contributed by atoms with Crippen molar-refractivity contribution in [2.45, 2.75) is 0 Å². The lowest BCUT2D eigenvalue weighted by atomic mass is 10.2. The lowest BCUT2D eigenvalue weighted by Crippen LogP contribution is -2.15. The summed E-state index contributed by atoms with van der Waals surface area (Å²) in [5.41, 5.74) is 1.97. The minimum atomic E-state index is -0.224. The first kappa shape index (κ1) is 17.7. The van der Waals surface area contributed by atoms with E-state index in [9.17, 15) is 4.79 Å². The molecule has 0 saturated carbocycles. The van der Waals surface area contributed by atoms with Gasteiger partial charge in [-0.3, -0.25) is 4.79 Å². The van der Waals surface area contributed by atoms with Crippen LogP contribution in [0.5, 0.6) is 17.2 Å². The van der Waals surface area contributed by atoms with Crippen molar-refractivity contribution in [1.82, 2.24) is 4.98 Å². The Morgan fingerprint density at radius 2 is 1.71 bits per heavy atom. The van der Waals surface area contributed by atoms with Crippen LogP contribution in [-0.2, 0) is 0 Å². The molecule has 0 aliphatic carbocycles. The number of amides is 1. The Balaban J connectivity index is 1.47. The topological polar surface area (TPSA) is 81.7 Å². The maximum Gasteiger partial charge on any atom is 0.255 e. The molecule has 1 aliphatic rings. The Labute approximate surface area is 162 Å². The zero-order valence-corrected chi connectivity index (χ0v) is 15.3. The predicted molar refractivity (Wildman–Crippen MR) is 106 cm³/mol. The van der Waals surface area contributed by atoms with Gasteiger partial charge < -0.3 is 24.8 Å². The van der Waals surface area contributed by atoms with E-state index in [0.29, 0.717) is 36.0 Å². The van der Waals surface area contributed by atoms with Gasteiger partial charge in [0.1, 0.15) is 24.8 Å². The molecule has 1 aliphatic heterocycles. The molecule has 0 bridgehead atoms. The summed E-state index contributed by atoms with van der Waals surface area (Å²) in [7, 11) is 1.60. The molecule has 7 heteroatoms. The van der Waals surface area contributed by atoms with E-state index in [2.05, 4.69) is 15.6 Å². The summed E-state index contributed by atoms with van der Waals surface area (Å²) >= 11 is 0. The summed E-state index contributed by atoms with van der Waals surface area (Å²) in [5, 5.41) is 6.04. The number of aromatic nitrogens is 1. The molecule has 1 aromatic heterocycles. The summed E-state index contributed by atoms with van der Waals surface area (Å²) in [6, 6.07) is 16.1. The van der Waals surface area contributed by atoms with Crippen molar-refractivity contribution in [2.24, 2.45) is 0 Å². The van der Waals surface area contributed by atoms with Crippen LogP contribution in [0, 0.1) is 0 Å². The summed E-state index contributed by atoms with van der Waals surface area (Å²) in [6.45, 7) is 1.07. The Hall–Kier alpha value is -3.74. The van der Waals surface area contributed by atoms with Gasteiger partial charge in [0.05, 0.1) is 7.11 Å². The third-order valence-electron chi connectivity index (χ3n) is 4.18. The first-order chi connectivity index (χ1) is 13.7. The molecule has 2 aromatic carbocycles. The van der Waals surface area contributed by atoms with Crippen molar-refractivity contribution in [3.8, 4) is 17.2 Å². The predicted octanol–water partition coefficient (Wildman–Crippen LogP) is 3.86. The molecule has 0 saturated heterocycles. The van der Waals surface area contributed by atoms with Gasteiger partial charge >= 0.3 is 0 Å². The van der Waals surface area contributed by atoms with E-state index >= 15 is 0 Å². The normalized spacial score (nSPS) is 12.2. The lowest BCUT2D eigenvalue weighted by molar-refractivity contribution is 0.102. The molecule has 0 unspecified atom stereocenters. The van der Waals surface area contributed by atoms with Crippen LogP contribution in [0.3, 0.4) is 0 Å². The van der Waals surface area contributed by atoms with Crippen LogP contribution >= 0.6 is 0 Å². The zero-order valence-electron chi connectivity index (χ0n) is 15.3. The van der Waals surface area contributed by atoms with Gasteiger partial charge in [0.15, 0.2) is 11.5 Å². The van der Waals surface area contributed by atoms with Gasteiger partial charge in [0.25, 0.3) is 5.91 Å². The maximum atomic E-state index is 12.5. The number of ether oxygens (including phenoxy) is 3. The fraction of sp³-hybridized carbons (Fsp3) is 0.143. The number of hydrogen-bond acceptors (Lipinski definition) is 6. The molecule has 0 atom stereocenters. The van der Waals surface area contributed by atoms with E-state index in [0.717, 1.165) is 17.2 Å². The van der Waals surface area contributed by atoms with Gasteiger partial charge in [-0.25, -0.2) is 4.98 Å². The molecule has 7 nitrogen and oxygen atoms in total. The van der Waals surface area contributed by atoms with Gasteiger partial charge in [0.2, 0.25) is 0 Å².